The molecule has 0 amide bonds. The first-order valence-corrected chi connectivity index (χ1v) is 8.61. The van der Waals surface area contributed by atoms with E-state index < -0.39 is 0 Å². The van der Waals surface area contributed by atoms with Gasteiger partial charge in [0.15, 0.2) is 0 Å². The molecule has 0 aromatic carbocycles. The van der Waals surface area contributed by atoms with E-state index in [4.69, 9.17) is 4.74 Å². The van der Waals surface area contributed by atoms with Gasteiger partial charge in [-0.1, -0.05) is 6.08 Å². The minimum atomic E-state index is 0.725. The van der Waals surface area contributed by atoms with E-state index in [1.54, 1.807) is 0 Å². The average Bonchev–Trinajstić information content (AvgIpc) is 3.15. The van der Waals surface area contributed by atoms with Crippen LogP contribution in [0.2, 0.25) is 0 Å². The van der Waals surface area contributed by atoms with Gasteiger partial charge in [0.2, 0.25) is 0 Å². The van der Waals surface area contributed by atoms with Crippen molar-refractivity contribution in [1.82, 2.24) is 18.5 Å². The smallest absolute Gasteiger partial charge is 0.253 e. The third-order valence-electron chi connectivity index (χ3n) is 4.16. The molecule has 0 spiro atoms. The third-order valence-corrected chi connectivity index (χ3v) is 4.67. The quantitative estimate of drug-likeness (QED) is 0.753. The largest absolute Gasteiger partial charge is 0.475 e. The molecular formula is C15H24N4OS. The van der Waals surface area contributed by atoms with Gasteiger partial charge >= 0.3 is 0 Å². The van der Waals surface area contributed by atoms with Crippen LogP contribution in [-0.4, -0.2) is 64.9 Å². The van der Waals surface area contributed by atoms with Crippen molar-refractivity contribution in [2.75, 3.05) is 46.4 Å². The molecule has 1 aromatic rings. The van der Waals surface area contributed by atoms with E-state index in [1.807, 2.05) is 0 Å². The van der Waals surface area contributed by atoms with Gasteiger partial charge in [-0.05, 0) is 51.4 Å². The highest BCUT2D eigenvalue weighted by atomic mass is 32.1. The number of ether oxygens (including phenoxy) is 1. The van der Waals surface area contributed by atoms with Gasteiger partial charge in [-0.15, -0.1) is 4.37 Å². The molecule has 0 bridgehead atoms. The molecule has 0 saturated carbocycles. The SMILES string of the molecule is CN1CCC=C(c2nsnc2OCCCN2CCCC2)C1. The number of nitrogens with zero attached hydrogens (tertiary/aromatic N) is 4. The van der Waals surface area contributed by atoms with Gasteiger partial charge < -0.3 is 14.5 Å². The molecule has 21 heavy (non-hydrogen) atoms. The van der Waals surface area contributed by atoms with Gasteiger partial charge in [-0.25, -0.2) is 0 Å². The Morgan fingerprint density at radius 2 is 2.10 bits per heavy atom. The Morgan fingerprint density at radius 3 is 2.90 bits per heavy atom. The maximum absolute atomic E-state index is 5.88. The molecule has 1 fully saturated rings. The van der Waals surface area contributed by atoms with E-state index in [9.17, 15) is 0 Å². The molecule has 3 rings (SSSR count). The molecule has 1 aromatic heterocycles. The predicted octanol–water partition coefficient (Wildman–Crippen LogP) is 2.12. The lowest BCUT2D eigenvalue weighted by molar-refractivity contribution is 0.257. The van der Waals surface area contributed by atoms with Crippen molar-refractivity contribution in [3.63, 3.8) is 0 Å². The topological polar surface area (TPSA) is 41.5 Å². The van der Waals surface area contributed by atoms with Crippen LogP contribution in [0.3, 0.4) is 0 Å². The van der Waals surface area contributed by atoms with Gasteiger partial charge in [-0.3, -0.25) is 0 Å². The van der Waals surface area contributed by atoms with E-state index in [2.05, 4.69) is 31.7 Å². The molecule has 116 valence electrons. The van der Waals surface area contributed by atoms with Crippen molar-refractivity contribution in [2.45, 2.75) is 25.7 Å². The maximum atomic E-state index is 5.88. The highest BCUT2D eigenvalue weighted by molar-refractivity contribution is 6.99. The normalized spacial score (nSPS) is 20.7. The molecule has 5 nitrogen and oxygen atoms in total. The van der Waals surface area contributed by atoms with Crippen molar-refractivity contribution in [2.24, 2.45) is 0 Å². The zero-order valence-electron chi connectivity index (χ0n) is 12.8. The Morgan fingerprint density at radius 1 is 1.24 bits per heavy atom. The number of likely N-dealkylation sites (N-methyl/N-ethyl adjacent to an activating group) is 1. The van der Waals surface area contributed by atoms with Crippen LogP contribution in [0.1, 0.15) is 31.4 Å². The molecule has 1 saturated heterocycles. The lowest BCUT2D eigenvalue weighted by Gasteiger charge is -2.22. The van der Waals surface area contributed by atoms with Gasteiger partial charge in [0.05, 0.1) is 18.3 Å². The van der Waals surface area contributed by atoms with Crippen LogP contribution in [0.5, 0.6) is 5.88 Å². The van der Waals surface area contributed by atoms with Gasteiger partial charge in [0, 0.05) is 19.6 Å². The van der Waals surface area contributed by atoms with Crippen LogP contribution in [-0.2, 0) is 0 Å². The lowest BCUT2D eigenvalue weighted by Crippen LogP contribution is -2.25. The summed E-state index contributed by atoms with van der Waals surface area (Å²) in [5, 5.41) is 0. The van der Waals surface area contributed by atoms with E-state index in [-0.39, 0.29) is 0 Å². The summed E-state index contributed by atoms with van der Waals surface area (Å²) in [7, 11) is 2.14. The van der Waals surface area contributed by atoms with E-state index in [1.165, 1.54) is 43.2 Å². The van der Waals surface area contributed by atoms with Crippen molar-refractivity contribution in [3.05, 3.63) is 11.8 Å². The minimum absolute atomic E-state index is 0.725. The minimum Gasteiger partial charge on any atom is -0.475 e. The van der Waals surface area contributed by atoms with Crippen molar-refractivity contribution < 1.29 is 4.74 Å². The molecule has 2 aliphatic rings. The number of hydrogen-bond donors (Lipinski definition) is 0. The first kappa shape index (κ1) is 14.9. The van der Waals surface area contributed by atoms with E-state index >= 15 is 0 Å². The fourth-order valence-corrected chi connectivity index (χ4v) is 3.53. The van der Waals surface area contributed by atoms with Crippen molar-refractivity contribution in [3.8, 4) is 5.88 Å². The second kappa shape index (κ2) is 7.33. The summed E-state index contributed by atoms with van der Waals surface area (Å²) >= 11 is 1.25. The Balaban J connectivity index is 1.49. The van der Waals surface area contributed by atoms with Crippen LogP contribution >= 0.6 is 11.7 Å². The molecule has 0 N–H and O–H groups in total. The number of aromatic nitrogens is 2. The van der Waals surface area contributed by atoms with Gasteiger partial charge in [0.1, 0.15) is 5.69 Å². The Bertz CT molecular complexity index is 482. The molecule has 2 aliphatic heterocycles. The summed E-state index contributed by atoms with van der Waals surface area (Å²) in [6.45, 7) is 6.43. The predicted molar refractivity (Wildman–Crippen MR) is 85.8 cm³/mol. The summed E-state index contributed by atoms with van der Waals surface area (Å²) in [5.41, 5.74) is 2.21. The molecule has 0 atom stereocenters. The molecule has 0 radical (unpaired) electrons. The Hall–Kier alpha value is -0.980. The molecule has 6 heteroatoms. The number of rotatable bonds is 6. The van der Waals surface area contributed by atoms with Crippen LogP contribution in [0.15, 0.2) is 6.08 Å². The second-order valence-corrected chi connectivity index (χ2v) is 6.45. The summed E-state index contributed by atoms with van der Waals surface area (Å²) in [6, 6.07) is 0. The first-order chi connectivity index (χ1) is 10.3. The fourth-order valence-electron chi connectivity index (χ4n) is 3.00. The lowest BCUT2D eigenvalue weighted by atomic mass is 10.1. The average molecular weight is 308 g/mol. The molecule has 3 heterocycles. The third kappa shape index (κ3) is 4.02. The zero-order valence-corrected chi connectivity index (χ0v) is 13.6. The standard InChI is InChI=1S/C15H24N4OS/c1-18-7-4-6-13(12-18)14-15(17-21-16-14)20-11-5-10-19-8-2-3-9-19/h6H,2-5,7-12H2,1H3. The van der Waals surface area contributed by atoms with E-state index in [0.29, 0.717) is 0 Å². The van der Waals surface area contributed by atoms with Crippen LogP contribution in [0, 0.1) is 0 Å². The fraction of sp³-hybridized carbons (Fsp3) is 0.733. The van der Waals surface area contributed by atoms with Crippen LogP contribution in [0.25, 0.3) is 5.57 Å². The number of hydrogen-bond acceptors (Lipinski definition) is 6. The Kier molecular flexibility index (Phi) is 5.22. The maximum Gasteiger partial charge on any atom is 0.253 e. The van der Waals surface area contributed by atoms with Gasteiger partial charge in [-0.2, -0.15) is 4.37 Å². The van der Waals surface area contributed by atoms with Gasteiger partial charge in [0.25, 0.3) is 5.88 Å². The highest BCUT2D eigenvalue weighted by Gasteiger charge is 2.18. The molecular weight excluding hydrogens is 284 g/mol. The Labute approximate surface area is 130 Å². The molecule has 0 unspecified atom stereocenters. The number of likely N-dealkylation sites (tertiary alicyclic amines) is 1. The summed E-state index contributed by atoms with van der Waals surface area (Å²) in [4.78, 5) is 4.83. The monoisotopic (exact) mass is 308 g/mol. The first-order valence-electron chi connectivity index (χ1n) is 7.88. The van der Waals surface area contributed by atoms with Crippen LogP contribution in [0.4, 0.5) is 0 Å². The zero-order chi connectivity index (χ0) is 14.5. The van der Waals surface area contributed by atoms with E-state index in [0.717, 1.165) is 50.7 Å². The summed E-state index contributed by atoms with van der Waals surface area (Å²) in [5.74, 6) is 0.725. The van der Waals surface area contributed by atoms with Crippen molar-refractivity contribution in [1.29, 1.82) is 0 Å². The molecule has 0 aliphatic carbocycles. The van der Waals surface area contributed by atoms with Crippen molar-refractivity contribution >= 4 is 17.3 Å². The highest BCUT2D eigenvalue weighted by Crippen LogP contribution is 2.27. The summed E-state index contributed by atoms with van der Waals surface area (Å²) in [6.07, 6.45) is 7.12. The van der Waals surface area contributed by atoms with Crippen LogP contribution < -0.4 is 4.74 Å². The summed E-state index contributed by atoms with van der Waals surface area (Å²) < 4.78 is 14.6. The second-order valence-electron chi connectivity index (χ2n) is 5.92.